The summed E-state index contributed by atoms with van der Waals surface area (Å²) in [6, 6.07) is 0.272. The Morgan fingerprint density at radius 2 is 2.36 bits per heavy atom. The molecule has 0 unspecified atom stereocenters. The third-order valence-corrected chi connectivity index (χ3v) is 1.38. The quantitative estimate of drug-likeness (QED) is 0.480. The van der Waals surface area contributed by atoms with E-state index in [-0.39, 0.29) is 6.04 Å². The van der Waals surface area contributed by atoms with Gasteiger partial charge in [-0.3, -0.25) is 0 Å². The molecule has 7 nitrogen and oxygen atoms in total. The molecule has 14 heavy (non-hydrogen) atoms. The number of hydrogen-bond donors (Lipinski definition) is 2. The summed E-state index contributed by atoms with van der Waals surface area (Å²) in [7, 11) is 1.70. The summed E-state index contributed by atoms with van der Waals surface area (Å²) in [6.45, 7) is 4.32. The van der Waals surface area contributed by atoms with Crippen LogP contribution >= 0.6 is 0 Å². The fourth-order valence-electron chi connectivity index (χ4n) is 0.884. The zero-order valence-electron chi connectivity index (χ0n) is 8.60. The Kier molecular flexibility index (Phi) is 3.38. The summed E-state index contributed by atoms with van der Waals surface area (Å²) in [5.74, 6) is 0.952. The molecule has 0 aliphatic carbocycles. The average Bonchev–Trinajstić information content (AvgIpc) is 2.47. The minimum atomic E-state index is 0.272. The molecule has 1 aromatic heterocycles. The number of rotatable bonds is 3. The van der Waals surface area contributed by atoms with Crippen molar-refractivity contribution in [2.45, 2.75) is 26.4 Å². The van der Waals surface area contributed by atoms with Crippen LogP contribution in [0, 0.1) is 0 Å². The molecule has 0 amide bonds. The highest BCUT2D eigenvalue weighted by Crippen LogP contribution is 1.88. The molecule has 0 atom stereocenters. The number of nitrogens with two attached hydrogens (primary N) is 1. The van der Waals surface area contributed by atoms with Gasteiger partial charge in [0.15, 0.2) is 11.8 Å². The first-order chi connectivity index (χ1) is 6.58. The van der Waals surface area contributed by atoms with E-state index >= 15 is 0 Å². The van der Waals surface area contributed by atoms with Crippen LogP contribution in [0.1, 0.15) is 19.7 Å². The van der Waals surface area contributed by atoms with Gasteiger partial charge in [-0.2, -0.15) is 4.80 Å². The minimum Gasteiger partial charge on any atom is -0.370 e. The summed E-state index contributed by atoms with van der Waals surface area (Å²) >= 11 is 0. The molecule has 3 N–H and O–H groups in total. The highest BCUT2D eigenvalue weighted by molar-refractivity contribution is 5.77. The summed E-state index contributed by atoms with van der Waals surface area (Å²) in [6.07, 6.45) is 0. The van der Waals surface area contributed by atoms with Crippen LogP contribution in [-0.4, -0.2) is 32.2 Å². The summed E-state index contributed by atoms with van der Waals surface area (Å²) in [4.78, 5) is 5.44. The number of tetrazole rings is 1. The van der Waals surface area contributed by atoms with Gasteiger partial charge in [-0.15, -0.1) is 10.2 Å². The molecule has 0 saturated carbocycles. The first kappa shape index (κ1) is 10.4. The second-order valence-corrected chi connectivity index (χ2v) is 3.20. The molecule has 0 fully saturated rings. The molecule has 0 bridgehead atoms. The van der Waals surface area contributed by atoms with Crippen molar-refractivity contribution in [3.05, 3.63) is 5.82 Å². The molecule has 0 aliphatic rings. The first-order valence-corrected chi connectivity index (χ1v) is 4.37. The van der Waals surface area contributed by atoms with Gasteiger partial charge >= 0.3 is 0 Å². The normalized spacial score (nSPS) is 12.1. The number of aryl methyl sites for hydroxylation is 1. The molecule has 1 rings (SSSR count). The van der Waals surface area contributed by atoms with Crippen molar-refractivity contribution in [1.29, 1.82) is 0 Å². The number of guanidine groups is 1. The Bertz CT molecular complexity index is 314. The maximum absolute atomic E-state index is 5.59. The molecule has 0 saturated heterocycles. The highest BCUT2D eigenvalue weighted by atomic mass is 15.6. The van der Waals surface area contributed by atoms with E-state index in [0.29, 0.717) is 18.3 Å². The van der Waals surface area contributed by atoms with Crippen molar-refractivity contribution in [3.8, 4) is 0 Å². The molecular formula is C7H15N7. The number of nitrogens with zero attached hydrogens (tertiary/aromatic N) is 5. The first-order valence-electron chi connectivity index (χ1n) is 4.37. The van der Waals surface area contributed by atoms with Crippen LogP contribution in [0.25, 0.3) is 0 Å². The largest absolute Gasteiger partial charge is 0.370 e. The lowest BCUT2D eigenvalue weighted by atomic mass is 10.4. The van der Waals surface area contributed by atoms with E-state index in [1.165, 1.54) is 4.80 Å². The van der Waals surface area contributed by atoms with Gasteiger partial charge in [0.1, 0.15) is 6.54 Å². The topological polar surface area (TPSA) is 94.0 Å². The lowest BCUT2D eigenvalue weighted by Gasteiger charge is -2.07. The summed E-state index contributed by atoms with van der Waals surface area (Å²) in [5.41, 5.74) is 5.59. The molecule has 1 aromatic rings. The number of nitrogens with one attached hydrogen (secondary N) is 1. The summed E-state index contributed by atoms with van der Waals surface area (Å²) < 4.78 is 0. The van der Waals surface area contributed by atoms with Crippen molar-refractivity contribution >= 4 is 5.96 Å². The molecule has 0 spiro atoms. The fraction of sp³-hybridized carbons (Fsp3) is 0.714. The van der Waals surface area contributed by atoms with E-state index in [1.54, 1.807) is 7.05 Å². The van der Waals surface area contributed by atoms with Gasteiger partial charge in [0.25, 0.3) is 0 Å². The van der Waals surface area contributed by atoms with E-state index in [4.69, 9.17) is 5.73 Å². The van der Waals surface area contributed by atoms with E-state index in [9.17, 15) is 0 Å². The molecule has 78 valence electrons. The van der Waals surface area contributed by atoms with Gasteiger partial charge in [0, 0.05) is 6.04 Å². The van der Waals surface area contributed by atoms with Crippen LogP contribution in [0.4, 0.5) is 0 Å². The fourth-order valence-corrected chi connectivity index (χ4v) is 0.884. The second-order valence-electron chi connectivity index (χ2n) is 3.20. The molecule has 1 heterocycles. The standard InChI is InChI=1S/C7H15N7/c1-5(2)10-7(8)9-4-6-11-13-14(3)12-6/h5H,4H2,1-3H3,(H3,8,9,10). The van der Waals surface area contributed by atoms with E-state index < -0.39 is 0 Å². The van der Waals surface area contributed by atoms with Crippen LogP contribution in [0.3, 0.4) is 0 Å². The van der Waals surface area contributed by atoms with Crippen LogP contribution < -0.4 is 11.1 Å². The summed E-state index contributed by atoms with van der Waals surface area (Å²) in [5, 5.41) is 14.4. The maximum Gasteiger partial charge on any atom is 0.196 e. The second kappa shape index (κ2) is 4.54. The van der Waals surface area contributed by atoms with Gasteiger partial charge in [0.05, 0.1) is 7.05 Å². The Morgan fingerprint density at radius 3 is 2.86 bits per heavy atom. The number of aromatic nitrogens is 4. The van der Waals surface area contributed by atoms with Crippen molar-refractivity contribution < 1.29 is 0 Å². The third kappa shape index (κ3) is 3.38. The van der Waals surface area contributed by atoms with Gasteiger partial charge in [-0.1, -0.05) is 0 Å². The number of hydrogen-bond acceptors (Lipinski definition) is 4. The average molecular weight is 197 g/mol. The van der Waals surface area contributed by atoms with Gasteiger partial charge in [-0.25, -0.2) is 4.99 Å². The van der Waals surface area contributed by atoms with Crippen LogP contribution in [0.2, 0.25) is 0 Å². The zero-order chi connectivity index (χ0) is 10.6. The van der Waals surface area contributed by atoms with Crippen molar-refractivity contribution in [1.82, 2.24) is 25.5 Å². The maximum atomic E-state index is 5.59. The molecule has 7 heteroatoms. The van der Waals surface area contributed by atoms with Crippen LogP contribution in [0.5, 0.6) is 0 Å². The van der Waals surface area contributed by atoms with Crippen LogP contribution in [0.15, 0.2) is 4.99 Å². The SMILES string of the molecule is CC(C)NC(N)=NCc1nnn(C)n1. The van der Waals surface area contributed by atoms with Crippen molar-refractivity contribution in [2.24, 2.45) is 17.8 Å². The van der Waals surface area contributed by atoms with E-state index in [0.717, 1.165) is 0 Å². The Balaban J connectivity index is 2.46. The lowest BCUT2D eigenvalue weighted by molar-refractivity contribution is 0.627. The Labute approximate surface area is 82.4 Å². The highest BCUT2D eigenvalue weighted by Gasteiger charge is 1.99. The Morgan fingerprint density at radius 1 is 1.64 bits per heavy atom. The predicted molar refractivity (Wildman–Crippen MR) is 52.4 cm³/mol. The lowest BCUT2D eigenvalue weighted by Crippen LogP contribution is -2.36. The predicted octanol–water partition coefficient (Wildman–Crippen LogP) is -0.977. The van der Waals surface area contributed by atoms with Crippen molar-refractivity contribution in [3.63, 3.8) is 0 Å². The molecule has 0 aliphatic heterocycles. The smallest absolute Gasteiger partial charge is 0.196 e. The van der Waals surface area contributed by atoms with Gasteiger partial charge in [-0.05, 0) is 19.1 Å². The van der Waals surface area contributed by atoms with E-state index in [1.807, 2.05) is 13.8 Å². The monoisotopic (exact) mass is 197 g/mol. The molecule has 0 aromatic carbocycles. The van der Waals surface area contributed by atoms with Gasteiger partial charge in [0.2, 0.25) is 0 Å². The van der Waals surface area contributed by atoms with E-state index in [2.05, 4.69) is 25.7 Å². The molecule has 0 radical (unpaired) electrons. The van der Waals surface area contributed by atoms with Crippen LogP contribution in [-0.2, 0) is 13.6 Å². The zero-order valence-corrected chi connectivity index (χ0v) is 8.60. The minimum absolute atomic E-state index is 0.272. The van der Waals surface area contributed by atoms with Gasteiger partial charge < -0.3 is 11.1 Å². The molecular weight excluding hydrogens is 182 g/mol. The van der Waals surface area contributed by atoms with Crippen molar-refractivity contribution in [2.75, 3.05) is 0 Å². The number of aliphatic imine (C=N–C) groups is 1. The Hall–Kier alpha value is -1.66. The third-order valence-electron chi connectivity index (χ3n) is 1.38.